The van der Waals surface area contributed by atoms with Gasteiger partial charge < -0.3 is 5.32 Å². The lowest BCUT2D eigenvalue weighted by molar-refractivity contribution is -0.119. The zero-order valence-corrected chi connectivity index (χ0v) is 19.8. The highest BCUT2D eigenvalue weighted by atomic mass is 35.5. The van der Waals surface area contributed by atoms with E-state index in [1.807, 2.05) is 24.3 Å². The van der Waals surface area contributed by atoms with Crippen LogP contribution >= 0.6 is 23.4 Å². The summed E-state index contributed by atoms with van der Waals surface area (Å²) in [4.78, 5) is 15.1. The van der Waals surface area contributed by atoms with Gasteiger partial charge in [-0.2, -0.15) is 0 Å². The van der Waals surface area contributed by atoms with E-state index in [0.29, 0.717) is 22.7 Å². The molecule has 2 aliphatic rings. The lowest BCUT2D eigenvalue weighted by Crippen LogP contribution is -2.41. The topological polar surface area (TPSA) is 63.1 Å². The van der Waals surface area contributed by atoms with Crippen molar-refractivity contribution in [3.63, 3.8) is 0 Å². The van der Waals surface area contributed by atoms with Crippen LogP contribution in [0.25, 0.3) is 5.69 Å². The van der Waals surface area contributed by atoms with Crippen LogP contribution in [-0.4, -0.2) is 50.5 Å². The molecular weight excluding hydrogens is 430 g/mol. The minimum absolute atomic E-state index is 0.0759. The number of rotatable bonds is 7. The molecule has 1 aliphatic heterocycles. The molecule has 2 atom stereocenters. The molecule has 31 heavy (non-hydrogen) atoms. The highest BCUT2D eigenvalue weighted by molar-refractivity contribution is 7.99. The molecule has 168 valence electrons. The Bertz CT molecular complexity index is 865. The molecule has 1 saturated carbocycles. The van der Waals surface area contributed by atoms with Crippen molar-refractivity contribution in [2.24, 2.45) is 5.92 Å². The fraction of sp³-hybridized carbons (Fsp3) is 0.609. The summed E-state index contributed by atoms with van der Waals surface area (Å²) in [6, 6.07) is 8.03. The number of likely N-dealkylation sites (tertiary alicyclic amines) is 1. The second-order valence-electron chi connectivity index (χ2n) is 8.77. The maximum Gasteiger partial charge on any atom is 0.230 e. The summed E-state index contributed by atoms with van der Waals surface area (Å²) < 4.78 is 2.08. The molecule has 0 spiro atoms. The van der Waals surface area contributed by atoms with Gasteiger partial charge in [-0.1, -0.05) is 49.5 Å². The first-order valence-electron chi connectivity index (χ1n) is 11.4. The average Bonchev–Trinajstić information content (AvgIpc) is 3.17. The number of amides is 1. The molecule has 6 nitrogen and oxygen atoms in total. The zero-order valence-electron chi connectivity index (χ0n) is 18.2. The number of nitrogens with zero attached hydrogens (tertiary/aromatic N) is 4. The van der Waals surface area contributed by atoms with Crippen molar-refractivity contribution in [2.75, 3.05) is 18.8 Å². The Morgan fingerprint density at radius 3 is 2.58 bits per heavy atom. The number of thioether (sulfide) groups is 1. The normalized spacial score (nSPS) is 22.4. The second-order valence-corrected chi connectivity index (χ2v) is 10.2. The largest absolute Gasteiger partial charge is 0.352 e. The van der Waals surface area contributed by atoms with Crippen LogP contribution in [0, 0.1) is 5.92 Å². The summed E-state index contributed by atoms with van der Waals surface area (Å²) in [6.07, 6.45) is 8.52. The van der Waals surface area contributed by atoms with Crippen molar-refractivity contribution in [3.8, 4) is 5.69 Å². The standard InChI is InChI=1S/C23H32ClN5OS/c1-17-7-3-4-8-20(17)25-22(30)16-31-23-27-26-21(15-28-13-5-2-6-14-28)29(23)19-11-9-18(24)10-12-19/h9-12,17,20H,2-8,13-16H2,1H3,(H,25,30)/t17-,20+/m1/s1. The van der Waals surface area contributed by atoms with Gasteiger partial charge in [-0.25, -0.2) is 0 Å². The number of hydrogen-bond donors (Lipinski definition) is 1. The SMILES string of the molecule is C[C@@H]1CCCC[C@@H]1NC(=O)CSc1nnc(CN2CCCCC2)n1-c1ccc(Cl)cc1. The maximum atomic E-state index is 12.6. The highest BCUT2D eigenvalue weighted by Gasteiger charge is 2.24. The molecular formula is C23H32ClN5OS. The van der Waals surface area contributed by atoms with Crippen LogP contribution < -0.4 is 5.32 Å². The summed E-state index contributed by atoms with van der Waals surface area (Å²) in [5.41, 5.74) is 0.977. The number of benzene rings is 1. The zero-order chi connectivity index (χ0) is 21.6. The predicted octanol–water partition coefficient (Wildman–Crippen LogP) is 4.69. The molecule has 4 rings (SSSR count). The third kappa shape index (κ3) is 6.02. The quantitative estimate of drug-likeness (QED) is 0.606. The molecule has 1 aromatic heterocycles. The number of carbonyl (C=O) groups is 1. The molecule has 1 N–H and O–H groups in total. The van der Waals surface area contributed by atoms with Crippen molar-refractivity contribution < 1.29 is 4.79 Å². The summed E-state index contributed by atoms with van der Waals surface area (Å²) >= 11 is 7.56. The average molecular weight is 462 g/mol. The van der Waals surface area contributed by atoms with Gasteiger partial charge in [-0.05, 0) is 69.0 Å². The van der Waals surface area contributed by atoms with Crippen molar-refractivity contribution >= 4 is 29.3 Å². The van der Waals surface area contributed by atoms with E-state index in [0.717, 1.165) is 42.7 Å². The fourth-order valence-electron chi connectivity index (χ4n) is 4.57. The van der Waals surface area contributed by atoms with Gasteiger partial charge in [0.2, 0.25) is 5.91 Å². The second kappa shape index (κ2) is 10.8. The van der Waals surface area contributed by atoms with Gasteiger partial charge >= 0.3 is 0 Å². The minimum atomic E-state index is 0.0759. The van der Waals surface area contributed by atoms with Crippen LogP contribution in [0.5, 0.6) is 0 Å². The third-order valence-electron chi connectivity index (χ3n) is 6.39. The van der Waals surface area contributed by atoms with Crippen LogP contribution in [0.15, 0.2) is 29.4 Å². The number of hydrogen-bond acceptors (Lipinski definition) is 5. The number of nitrogens with one attached hydrogen (secondary N) is 1. The Hall–Kier alpha value is -1.57. The van der Waals surface area contributed by atoms with Crippen molar-refractivity contribution in [3.05, 3.63) is 35.1 Å². The lowest BCUT2D eigenvalue weighted by Gasteiger charge is -2.29. The Balaban J connectivity index is 1.47. The molecule has 2 aromatic rings. The minimum Gasteiger partial charge on any atom is -0.352 e. The van der Waals surface area contributed by atoms with Gasteiger partial charge in [0.15, 0.2) is 11.0 Å². The van der Waals surface area contributed by atoms with Crippen molar-refractivity contribution in [2.45, 2.75) is 69.6 Å². The third-order valence-corrected chi connectivity index (χ3v) is 7.57. The van der Waals surface area contributed by atoms with Gasteiger partial charge in [-0.15, -0.1) is 10.2 Å². The van der Waals surface area contributed by atoms with E-state index in [-0.39, 0.29) is 5.91 Å². The van der Waals surface area contributed by atoms with Gasteiger partial charge in [0.25, 0.3) is 0 Å². The Kier molecular flexibility index (Phi) is 7.91. The molecule has 2 fully saturated rings. The summed E-state index contributed by atoms with van der Waals surface area (Å²) in [5, 5.41) is 13.6. The van der Waals surface area contributed by atoms with Crippen LogP contribution in [0.4, 0.5) is 0 Å². The summed E-state index contributed by atoms with van der Waals surface area (Å²) in [6.45, 7) is 5.19. The predicted molar refractivity (Wildman–Crippen MR) is 126 cm³/mol. The van der Waals surface area contributed by atoms with Crippen molar-refractivity contribution in [1.82, 2.24) is 25.0 Å². The molecule has 1 saturated heterocycles. The van der Waals surface area contributed by atoms with Crippen LogP contribution in [0.2, 0.25) is 5.02 Å². The monoisotopic (exact) mass is 461 g/mol. The molecule has 1 aliphatic carbocycles. The van der Waals surface area contributed by atoms with E-state index in [9.17, 15) is 4.79 Å². The van der Waals surface area contributed by atoms with E-state index < -0.39 is 0 Å². The maximum absolute atomic E-state index is 12.6. The van der Waals surface area contributed by atoms with Gasteiger partial charge in [-0.3, -0.25) is 14.3 Å². The number of aromatic nitrogens is 3. The van der Waals surface area contributed by atoms with E-state index in [4.69, 9.17) is 11.6 Å². The summed E-state index contributed by atoms with van der Waals surface area (Å²) in [5.74, 6) is 1.88. The lowest BCUT2D eigenvalue weighted by atomic mass is 9.86. The Labute approximate surface area is 194 Å². The van der Waals surface area contributed by atoms with Gasteiger partial charge in [0, 0.05) is 16.8 Å². The van der Waals surface area contributed by atoms with Crippen molar-refractivity contribution in [1.29, 1.82) is 0 Å². The fourth-order valence-corrected chi connectivity index (χ4v) is 5.48. The van der Waals surface area contributed by atoms with Crippen LogP contribution in [0.1, 0.15) is 57.7 Å². The molecule has 0 unspecified atom stereocenters. The highest BCUT2D eigenvalue weighted by Crippen LogP contribution is 2.26. The van der Waals surface area contributed by atoms with Crippen LogP contribution in [0.3, 0.4) is 0 Å². The van der Waals surface area contributed by atoms with Gasteiger partial charge in [0.05, 0.1) is 12.3 Å². The molecule has 8 heteroatoms. The van der Waals surface area contributed by atoms with Crippen LogP contribution in [-0.2, 0) is 11.3 Å². The number of halogens is 1. The molecule has 1 aromatic carbocycles. The molecule has 0 radical (unpaired) electrons. The van der Waals surface area contributed by atoms with E-state index in [1.165, 1.54) is 50.3 Å². The van der Waals surface area contributed by atoms with Gasteiger partial charge in [0.1, 0.15) is 0 Å². The summed E-state index contributed by atoms with van der Waals surface area (Å²) in [7, 11) is 0. The number of piperidine rings is 1. The Morgan fingerprint density at radius 1 is 1.10 bits per heavy atom. The molecule has 0 bridgehead atoms. The first-order chi connectivity index (χ1) is 15.1. The Morgan fingerprint density at radius 2 is 1.84 bits per heavy atom. The smallest absolute Gasteiger partial charge is 0.230 e. The number of carbonyl (C=O) groups excluding carboxylic acids is 1. The molecule has 2 heterocycles. The first kappa shape index (κ1) is 22.6. The van der Waals surface area contributed by atoms with E-state index in [2.05, 4.69) is 31.9 Å². The van der Waals surface area contributed by atoms with E-state index in [1.54, 1.807) is 0 Å². The van der Waals surface area contributed by atoms with E-state index >= 15 is 0 Å². The first-order valence-corrected chi connectivity index (χ1v) is 12.8. The molecule has 1 amide bonds.